The van der Waals surface area contributed by atoms with Crippen LogP contribution in [0.25, 0.3) is 33.1 Å². The third-order valence-electron chi connectivity index (χ3n) is 3.63. The highest BCUT2D eigenvalue weighted by atomic mass is 79.9. The predicted octanol–water partition coefficient (Wildman–Crippen LogP) is 4.77. The SMILES string of the molecule is O=c1cc(-c2cccnc2)oc2c1cc(Br)c1ccccc12. The molecule has 0 atom stereocenters. The van der Waals surface area contributed by atoms with Gasteiger partial charge < -0.3 is 4.42 Å². The van der Waals surface area contributed by atoms with Gasteiger partial charge in [0.1, 0.15) is 11.3 Å². The smallest absolute Gasteiger partial charge is 0.193 e. The molecule has 0 aliphatic carbocycles. The molecular formula is C18H10BrNO2. The van der Waals surface area contributed by atoms with Crippen molar-refractivity contribution in [1.82, 2.24) is 4.98 Å². The van der Waals surface area contributed by atoms with Crippen LogP contribution in [0.15, 0.2) is 74.6 Å². The Labute approximate surface area is 134 Å². The molecule has 0 N–H and O–H groups in total. The molecule has 0 saturated heterocycles. The maximum absolute atomic E-state index is 12.5. The minimum atomic E-state index is -0.0634. The van der Waals surface area contributed by atoms with Crippen molar-refractivity contribution in [3.8, 4) is 11.3 Å². The highest BCUT2D eigenvalue weighted by Gasteiger charge is 2.12. The van der Waals surface area contributed by atoms with Gasteiger partial charge in [0.25, 0.3) is 0 Å². The lowest BCUT2D eigenvalue weighted by molar-refractivity contribution is 0.622. The quantitative estimate of drug-likeness (QED) is 0.464. The van der Waals surface area contributed by atoms with Crippen molar-refractivity contribution in [3.05, 3.63) is 75.6 Å². The van der Waals surface area contributed by atoms with E-state index in [0.717, 1.165) is 20.8 Å². The molecule has 4 rings (SSSR count). The first-order valence-corrected chi connectivity index (χ1v) is 7.59. The molecule has 0 bridgehead atoms. The molecule has 0 aliphatic heterocycles. The summed E-state index contributed by atoms with van der Waals surface area (Å²) in [4.78, 5) is 16.5. The van der Waals surface area contributed by atoms with Crippen molar-refractivity contribution in [2.24, 2.45) is 0 Å². The van der Waals surface area contributed by atoms with E-state index >= 15 is 0 Å². The highest BCUT2D eigenvalue weighted by Crippen LogP contribution is 2.32. The van der Waals surface area contributed by atoms with Crippen LogP contribution in [0.2, 0.25) is 0 Å². The molecule has 2 heterocycles. The van der Waals surface area contributed by atoms with Crippen LogP contribution in [0.1, 0.15) is 0 Å². The van der Waals surface area contributed by atoms with E-state index in [1.165, 1.54) is 6.07 Å². The van der Waals surface area contributed by atoms with E-state index in [-0.39, 0.29) is 5.43 Å². The van der Waals surface area contributed by atoms with Gasteiger partial charge in [-0.3, -0.25) is 9.78 Å². The number of pyridine rings is 1. The lowest BCUT2D eigenvalue weighted by Gasteiger charge is -2.07. The standard InChI is InChI=1S/C18H10BrNO2/c19-15-8-14-16(21)9-17(11-4-3-7-20-10-11)22-18(14)13-6-2-1-5-12(13)15/h1-10H. The molecule has 2 aromatic carbocycles. The molecule has 0 saturated carbocycles. The van der Waals surface area contributed by atoms with Crippen molar-refractivity contribution >= 4 is 37.7 Å². The summed E-state index contributed by atoms with van der Waals surface area (Å²) in [5, 5.41) is 2.49. The average Bonchev–Trinajstić information content (AvgIpc) is 2.57. The van der Waals surface area contributed by atoms with Crippen molar-refractivity contribution < 1.29 is 4.42 Å². The molecule has 4 aromatic rings. The van der Waals surface area contributed by atoms with Crippen molar-refractivity contribution in [2.75, 3.05) is 0 Å². The highest BCUT2D eigenvalue weighted by molar-refractivity contribution is 9.10. The van der Waals surface area contributed by atoms with Crippen molar-refractivity contribution in [1.29, 1.82) is 0 Å². The van der Waals surface area contributed by atoms with Gasteiger partial charge in [-0.1, -0.05) is 40.2 Å². The number of hydrogen-bond acceptors (Lipinski definition) is 3. The normalized spacial score (nSPS) is 11.1. The summed E-state index contributed by atoms with van der Waals surface area (Å²) in [5.74, 6) is 0.526. The van der Waals surface area contributed by atoms with Gasteiger partial charge in [-0.2, -0.15) is 0 Å². The van der Waals surface area contributed by atoms with E-state index < -0.39 is 0 Å². The molecule has 0 radical (unpaired) electrons. The molecule has 0 aliphatic rings. The van der Waals surface area contributed by atoms with Gasteiger partial charge >= 0.3 is 0 Å². The van der Waals surface area contributed by atoms with Crippen LogP contribution in [-0.2, 0) is 0 Å². The van der Waals surface area contributed by atoms with Crippen molar-refractivity contribution in [2.45, 2.75) is 0 Å². The molecule has 106 valence electrons. The first kappa shape index (κ1) is 13.2. The Bertz CT molecular complexity index is 1060. The lowest BCUT2D eigenvalue weighted by Crippen LogP contribution is -2.01. The molecule has 22 heavy (non-hydrogen) atoms. The maximum Gasteiger partial charge on any atom is 0.193 e. The topological polar surface area (TPSA) is 43.1 Å². The molecule has 0 amide bonds. The van der Waals surface area contributed by atoms with Gasteiger partial charge in [0.2, 0.25) is 0 Å². The zero-order chi connectivity index (χ0) is 15.1. The molecule has 4 heteroatoms. The van der Waals surface area contributed by atoms with E-state index in [9.17, 15) is 4.79 Å². The van der Waals surface area contributed by atoms with Crippen LogP contribution >= 0.6 is 15.9 Å². The Kier molecular flexibility index (Phi) is 3.05. The van der Waals surface area contributed by atoms with Crippen LogP contribution in [0.3, 0.4) is 0 Å². The summed E-state index contributed by atoms with van der Waals surface area (Å²) in [5.41, 5.74) is 1.32. The molecule has 2 aromatic heterocycles. The summed E-state index contributed by atoms with van der Waals surface area (Å²) < 4.78 is 6.92. The van der Waals surface area contributed by atoms with Gasteiger partial charge in [0.05, 0.1) is 5.39 Å². The third-order valence-corrected chi connectivity index (χ3v) is 4.29. The van der Waals surface area contributed by atoms with E-state index in [2.05, 4.69) is 20.9 Å². The Morgan fingerprint density at radius 1 is 0.955 bits per heavy atom. The van der Waals surface area contributed by atoms with E-state index in [4.69, 9.17) is 4.42 Å². The van der Waals surface area contributed by atoms with Gasteiger partial charge in [-0.05, 0) is 23.6 Å². The number of nitrogens with zero attached hydrogens (tertiary/aromatic N) is 1. The average molecular weight is 352 g/mol. The van der Waals surface area contributed by atoms with Crippen LogP contribution in [0.5, 0.6) is 0 Å². The molecule has 0 unspecified atom stereocenters. The fraction of sp³-hybridized carbons (Fsp3) is 0. The monoisotopic (exact) mass is 351 g/mol. The van der Waals surface area contributed by atoms with Gasteiger partial charge in [0, 0.05) is 33.9 Å². The minimum absolute atomic E-state index is 0.0634. The largest absolute Gasteiger partial charge is 0.455 e. The van der Waals surface area contributed by atoms with Crippen LogP contribution < -0.4 is 5.43 Å². The first-order valence-electron chi connectivity index (χ1n) is 6.79. The summed E-state index contributed by atoms with van der Waals surface area (Å²) >= 11 is 3.53. The fourth-order valence-corrected chi connectivity index (χ4v) is 3.16. The number of fused-ring (bicyclic) bond motifs is 3. The molecule has 0 spiro atoms. The second kappa shape index (κ2) is 5.07. The lowest BCUT2D eigenvalue weighted by atomic mass is 10.1. The molecule has 3 nitrogen and oxygen atoms in total. The zero-order valence-electron chi connectivity index (χ0n) is 11.4. The number of hydrogen-bond donors (Lipinski definition) is 0. The number of rotatable bonds is 1. The zero-order valence-corrected chi connectivity index (χ0v) is 13.0. The van der Waals surface area contributed by atoms with E-state index in [0.29, 0.717) is 16.7 Å². The predicted molar refractivity (Wildman–Crippen MR) is 90.9 cm³/mol. The Morgan fingerprint density at radius 3 is 2.55 bits per heavy atom. The number of aromatic nitrogens is 1. The number of benzene rings is 2. The number of halogens is 1. The van der Waals surface area contributed by atoms with Gasteiger partial charge in [0.15, 0.2) is 5.43 Å². The second-order valence-electron chi connectivity index (χ2n) is 5.00. The van der Waals surface area contributed by atoms with Crippen LogP contribution in [0, 0.1) is 0 Å². The first-order chi connectivity index (χ1) is 10.7. The molecule has 0 fully saturated rings. The van der Waals surface area contributed by atoms with Crippen LogP contribution in [0.4, 0.5) is 0 Å². The summed E-state index contributed by atoms with van der Waals surface area (Å²) in [6, 6.07) is 14.9. The molecular weight excluding hydrogens is 342 g/mol. The van der Waals surface area contributed by atoms with Gasteiger partial charge in [-0.15, -0.1) is 0 Å². The van der Waals surface area contributed by atoms with Crippen LogP contribution in [-0.4, -0.2) is 4.98 Å². The Morgan fingerprint density at radius 2 is 1.77 bits per heavy atom. The van der Waals surface area contributed by atoms with E-state index in [1.807, 2.05) is 42.5 Å². The summed E-state index contributed by atoms with van der Waals surface area (Å²) in [6.45, 7) is 0. The van der Waals surface area contributed by atoms with Crippen molar-refractivity contribution in [3.63, 3.8) is 0 Å². The van der Waals surface area contributed by atoms with E-state index in [1.54, 1.807) is 12.4 Å². The van der Waals surface area contributed by atoms with Gasteiger partial charge in [-0.25, -0.2) is 0 Å². The summed E-state index contributed by atoms with van der Waals surface area (Å²) in [6.07, 6.45) is 3.38. The minimum Gasteiger partial charge on any atom is -0.455 e. The summed E-state index contributed by atoms with van der Waals surface area (Å²) in [7, 11) is 0. The second-order valence-corrected chi connectivity index (χ2v) is 5.85. The maximum atomic E-state index is 12.5. The fourth-order valence-electron chi connectivity index (χ4n) is 2.58. The third kappa shape index (κ3) is 2.04. The Hall–Kier alpha value is -2.46. The Balaban J connectivity index is 2.15.